The Hall–Kier alpha value is -1.33. The van der Waals surface area contributed by atoms with Crippen LogP contribution < -0.4 is 5.32 Å². The first kappa shape index (κ1) is 9.23. The van der Waals surface area contributed by atoms with Gasteiger partial charge >= 0.3 is 0 Å². The number of aromatic nitrogens is 3. The molecule has 0 aliphatic heterocycles. The van der Waals surface area contributed by atoms with Gasteiger partial charge < -0.3 is 5.32 Å². The monoisotopic (exact) mass is 206 g/mol. The zero-order valence-corrected chi connectivity index (χ0v) is 8.58. The topological polar surface area (TPSA) is 50.7 Å². The second-order valence-corrected chi connectivity index (χ2v) is 3.85. The molecule has 0 saturated heterocycles. The van der Waals surface area contributed by atoms with Crippen LogP contribution in [0.4, 0.5) is 0 Å². The molecular weight excluding hydrogens is 196 g/mol. The van der Waals surface area contributed by atoms with Crippen LogP contribution in [-0.4, -0.2) is 22.0 Å². The first-order valence-corrected chi connectivity index (χ1v) is 5.08. The molecule has 0 fully saturated rings. The van der Waals surface area contributed by atoms with E-state index in [1.165, 1.54) is 4.88 Å². The highest BCUT2D eigenvalue weighted by molar-refractivity contribution is 7.14. The van der Waals surface area contributed by atoms with Crippen molar-refractivity contribution < 1.29 is 0 Å². The third-order valence-electron chi connectivity index (χ3n) is 1.66. The molecule has 2 heterocycles. The van der Waals surface area contributed by atoms with Crippen molar-refractivity contribution in [2.75, 3.05) is 7.05 Å². The average Bonchev–Trinajstić information content (AvgIpc) is 2.68. The Morgan fingerprint density at radius 1 is 1.29 bits per heavy atom. The highest BCUT2D eigenvalue weighted by atomic mass is 32.1. The van der Waals surface area contributed by atoms with Crippen LogP contribution in [0.25, 0.3) is 10.8 Å². The smallest absolute Gasteiger partial charge is 0.188 e. The molecule has 2 rings (SSSR count). The predicted molar refractivity (Wildman–Crippen MR) is 55.9 cm³/mol. The van der Waals surface area contributed by atoms with Crippen molar-refractivity contribution >= 4 is 11.3 Å². The van der Waals surface area contributed by atoms with Crippen LogP contribution in [0.15, 0.2) is 24.7 Å². The Morgan fingerprint density at radius 2 is 2.07 bits per heavy atom. The maximum absolute atomic E-state index is 4.26. The highest BCUT2D eigenvalue weighted by Crippen LogP contribution is 2.20. The number of nitrogens with zero attached hydrogens (tertiary/aromatic N) is 3. The van der Waals surface area contributed by atoms with Gasteiger partial charge in [-0.15, -0.1) is 11.3 Å². The Morgan fingerprint density at radius 3 is 2.79 bits per heavy atom. The lowest BCUT2D eigenvalue weighted by Gasteiger charge is -1.92. The minimum absolute atomic E-state index is 0.694. The Bertz CT molecular complexity index is 398. The summed E-state index contributed by atoms with van der Waals surface area (Å²) in [7, 11) is 1.92. The molecule has 0 aromatic carbocycles. The Balaban J connectivity index is 2.25. The summed E-state index contributed by atoms with van der Waals surface area (Å²) >= 11 is 1.61. The highest BCUT2D eigenvalue weighted by Gasteiger charge is 2.05. The lowest BCUT2D eigenvalue weighted by atomic mass is 10.5. The number of hydrogen-bond acceptors (Lipinski definition) is 5. The van der Waals surface area contributed by atoms with Crippen LogP contribution in [0.5, 0.6) is 0 Å². The van der Waals surface area contributed by atoms with Gasteiger partial charge in [-0.3, -0.25) is 0 Å². The van der Waals surface area contributed by atoms with Gasteiger partial charge in [-0.1, -0.05) is 0 Å². The zero-order chi connectivity index (χ0) is 9.80. The van der Waals surface area contributed by atoms with Crippen LogP contribution in [0, 0.1) is 0 Å². The van der Waals surface area contributed by atoms with Crippen molar-refractivity contribution in [3.63, 3.8) is 0 Å². The van der Waals surface area contributed by atoms with Gasteiger partial charge in [0.1, 0.15) is 0 Å². The van der Waals surface area contributed by atoms with E-state index in [-0.39, 0.29) is 0 Å². The summed E-state index contributed by atoms with van der Waals surface area (Å²) in [6.07, 6.45) is 5.30. The summed E-state index contributed by atoms with van der Waals surface area (Å²) in [5.41, 5.74) is 0. The van der Waals surface area contributed by atoms with Crippen molar-refractivity contribution in [2.24, 2.45) is 0 Å². The molecule has 14 heavy (non-hydrogen) atoms. The molecule has 0 radical (unpaired) electrons. The first-order valence-electron chi connectivity index (χ1n) is 4.27. The molecule has 0 bridgehead atoms. The SMILES string of the molecule is CNCc1cnc(-c2ncccn2)s1. The van der Waals surface area contributed by atoms with Gasteiger partial charge in [0.25, 0.3) is 0 Å². The summed E-state index contributed by atoms with van der Waals surface area (Å²) < 4.78 is 0. The average molecular weight is 206 g/mol. The van der Waals surface area contributed by atoms with Gasteiger partial charge in [0.2, 0.25) is 0 Å². The molecule has 72 valence electrons. The number of hydrogen-bond donors (Lipinski definition) is 1. The van der Waals surface area contributed by atoms with E-state index in [9.17, 15) is 0 Å². The van der Waals surface area contributed by atoms with Crippen LogP contribution >= 0.6 is 11.3 Å². The summed E-state index contributed by atoms with van der Waals surface area (Å²) in [4.78, 5) is 13.7. The fraction of sp³-hybridized carbons (Fsp3) is 0.222. The van der Waals surface area contributed by atoms with E-state index in [1.54, 1.807) is 29.8 Å². The summed E-state index contributed by atoms with van der Waals surface area (Å²) in [6.45, 7) is 0.838. The molecule has 5 heteroatoms. The van der Waals surface area contributed by atoms with Crippen LogP contribution in [0.2, 0.25) is 0 Å². The zero-order valence-electron chi connectivity index (χ0n) is 7.77. The second-order valence-electron chi connectivity index (χ2n) is 2.73. The maximum atomic E-state index is 4.26. The number of nitrogens with one attached hydrogen (secondary N) is 1. The van der Waals surface area contributed by atoms with Crippen molar-refractivity contribution in [1.82, 2.24) is 20.3 Å². The molecule has 2 aromatic heterocycles. The molecule has 0 saturated carbocycles. The van der Waals surface area contributed by atoms with E-state index in [4.69, 9.17) is 0 Å². The molecule has 4 nitrogen and oxygen atoms in total. The Kier molecular flexibility index (Phi) is 2.81. The largest absolute Gasteiger partial charge is 0.315 e. The molecule has 0 atom stereocenters. The summed E-state index contributed by atoms with van der Waals surface area (Å²) in [6, 6.07) is 1.80. The van der Waals surface area contributed by atoms with Crippen molar-refractivity contribution in [1.29, 1.82) is 0 Å². The molecular formula is C9H10N4S. The van der Waals surface area contributed by atoms with Crippen LogP contribution in [0.3, 0.4) is 0 Å². The molecule has 0 aliphatic carbocycles. The second kappa shape index (κ2) is 4.26. The third kappa shape index (κ3) is 1.94. The third-order valence-corrected chi connectivity index (χ3v) is 2.65. The van der Waals surface area contributed by atoms with E-state index < -0.39 is 0 Å². The lowest BCUT2D eigenvalue weighted by Crippen LogP contribution is -2.02. The van der Waals surface area contributed by atoms with Gasteiger partial charge in [0, 0.05) is 30.0 Å². The lowest BCUT2D eigenvalue weighted by molar-refractivity contribution is 0.829. The van der Waals surface area contributed by atoms with E-state index in [1.807, 2.05) is 13.2 Å². The van der Waals surface area contributed by atoms with Crippen LogP contribution in [0.1, 0.15) is 4.88 Å². The molecule has 1 N–H and O–H groups in total. The van der Waals surface area contributed by atoms with Crippen LogP contribution in [-0.2, 0) is 6.54 Å². The number of thiazole rings is 1. The molecule has 0 amide bonds. The minimum atomic E-state index is 0.694. The quantitative estimate of drug-likeness (QED) is 0.823. The van der Waals surface area contributed by atoms with Gasteiger partial charge in [0.05, 0.1) is 0 Å². The summed E-state index contributed by atoms with van der Waals surface area (Å²) in [5.74, 6) is 0.694. The first-order chi connectivity index (χ1) is 6.90. The maximum Gasteiger partial charge on any atom is 0.188 e. The van der Waals surface area contributed by atoms with Gasteiger partial charge in [-0.05, 0) is 13.1 Å². The predicted octanol–water partition coefficient (Wildman–Crippen LogP) is 1.32. The number of rotatable bonds is 3. The molecule has 0 unspecified atom stereocenters. The molecule has 2 aromatic rings. The summed E-state index contributed by atoms with van der Waals surface area (Å²) in [5, 5.41) is 3.95. The fourth-order valence-corrected chi connectivity index (χ4v) is 1.95. The van der Waals surface area contributed by atoms with Gasteiger partial charge in [-0.25, -0.2) is 15.0 Å². The van der Waals surface area contributed by atoms with Gasteiger partial charge in [0.15, 0.2) is 10.8 Å². The normalized spacial score (nSPS) is 10.4. The molecule has 0 aliphatic rings. The van der Waals surface area contributed by atoms with E-state index in [0.717, 1.165) is 11.6 Å². The van der Waals surface area contributed by atoms with Crippen molar-refractivity contribution in [2.45, 2.75) is 6.54 Å². The van der Waals surface area contributed by atoms with E-state index in [2.05, 4.69) is 20.3 Å². The Labute approximate surface area is 86.1 Å². The van der Waals surface area contributed by atoms with Crippen molar-refractivity contribution in [3.05, 3.63) is 29.5 Å². The van der Waals surface area contributed by atoms with E-state index >= 15 is 0 Å². The van der Waals surface area contributed by atoms with E-state index in [0.29, 0.717) is 5.82 Å². The fourth-order valence-electron chi connectivity index (χ4n) is 1.08. The van der Waals surface area contributed by atoms with Gasteiger partial charge in [-0.2, -0.15) is 0 Å². The molecule has 0 spiro atoms. The van der Waals surface area contributed by atoms with Crippen molar-refractivity contribution in [3.8, 4) is 10.8 Å². The standard InChI is InChI=1S/C9H10N4S/c1-10-5-7-6-13-9(14-7)8-11-3-2-4-12-8/h2-4,6,10H,5H2,1H3. The minimum Gasteiger partial charge on any atom is -0.315 e.